The van der Waals surface area contributed by atoms with E-state index >= 15 is 0 Å². The molecule has 1 heterocycles. The van der Waals surface area contributed by atoms with Crippen LogP contribution in [-0.4, -0.2) is 22.5 Å². The molecule has 0 bridgehead atoms. The van der Waals surface area contributed by atoms with Crippen molar-refractivity contribution in [2.75, 3.05) is 7.05 Å². The van der Waals surface area contributed by atoms with E-state index in [9.17, 15) is 4.79 Å². The number of nitrogens with zero attached hydrogens (tertiary/aromatic N) is 3. The fourth-order valence-electron chi connectivity index (χ4n) is 1.74. The zero-order valence-corrected chi connectivity index (χ0v) is 12.2. The van der Waals surface area contributed by atoms with E-state index in [0.29, 0.717) is 16.6 Å². The Morgan fingerprint density at radius 2 is 2.11 bits per heavy atom. The second kappa shape index (κ2) is 5.63. The van der Waals surface area contributed by atoms with E-state index in [-0.39, 0.29) is 6.03 Å². The molecule has 0 saturated heterocycles. The quantitative estimate of drug-likeness (QED) is 0.784. The van der Waals surface area contributed by atoms with Crippen LogP contribution in [0.1, 0.15) is 5.56 Å². The van der Waals surface area contributed by atoms with Gasteiger partial charge in [-0.25, -0.2) is 9.36 Å². The molecule has 0 spiro atoms. The number of carbonyl (C=O) groups is 1. The maximum Gasteiger partial charge on any atom is 0.415 e. The smallest absolute Gasteiger partial charge is 0.303 e. The summed E-state index contributed by atoms with van der Waals surface area (Å²) >= 11 is 11.8. The van der Waals surface area contributed by atoms with Crippen LogP contribution in [0.5, 0.6) is 0 Å². The van der Waals surface area contributed by atoms with E-state index in [1.54, 1.807) is 36.6 Å². The lowest BCUT2D eigenvalue weighted by atomic mass is 10.2. The predicted octanol–water partition coefficient (Wildman–Crippen LogP) is 2.72. The summed E-state index contributed by atoms with van der Waals surface area (Å²) in [7, 11) is 3.60. The molecule has 0 aliphatic rings. The number of hydrogen-bond acceptors (Lipinski definition) is 1. The lowest BCUT2D eigenvalue weighted by molar-refractivity contribution is -0.670. The minimum Gasteiger partial charge on any atom is -0.303 e. The van der Waals surface area contributed by atoms with E-state index in [0.717, 1.165) is 5.56 Å². The first-order valence-electron chi connectivity index (χ1n) is 5.70. The Hall–Kier alpha value is -1.52. The zero-order valence-electron chi connectivity index (χ0n) is 10.7. The number of aryl methyl sites for hydroxylation is 1. The summed E-state index contributed by atoms with van der Waals surface area (Å²) in [6.07, 6.45) is 5.24. The van der Waals surface area contributed by atoms with Gasteiger partial charge >= 0.3 is 6.03 Å². The van der Waals surface area contributed by atoms with Gasteiger partial charge in [0.2, 0.25) is 0 Å². The van der Waals surface area contributed by atoms with E-state index in [2.05, 4.69) is 0 Å². The second-order valence-corrected chi connectivity index (χ2v) is 5.19. The Kier molecular flexibility index (Phi) is 4.12. The topological polar surface area (TPSA) is 29.1 Å². The highest BCUT2D eigenvalue weighted by molar-refractivity contribution is 6.42. The van der Waals surface area contributed by atoms with E-state index in [4.69, 9.17) is 23.2 Å². The average molecular weight is 299 g/mol. The van der Waals surface area contributed by atoms with Gasteiger partial charge in [-0.2, -0.15) is 4.57 Å². The summed E-state index contributed by atoms with van der Waals surface area (Å²) in [6.45, 7) is 0.470. The van der Waals surface area contributed by atoms with Crippen molar-refractivity contribution in [1.82, 2.24) is 9.47 Å². The molecule has 19 heavy (non-hydrogen) atoms. The minimum absolute atomic E-state index is 0.105. The van der Waals surface area contributed by atoms with Gasteiger partial charge in [0.1, 0.15) is 12.4 Å². The van der Waals surface area contributed by atoms with Crippen LogP contribution in [0.3, 0.4) is 0 Å². The third-order valence-electron chi connectivity index (χ3n) is 2.72. The molecule has 1 amide bonds. The highest BCUT2D eigenvalue weighted by atomic mass is 35.5. The predicted molar refractivity (Wildman–Crippen MR) is 74.3 cm³/mol. The lowest BCUT2D eigenvalue weighted by Crippen LogP contribution is -2.32. The van der Waals surface area contributed by atoms with Crippen molar-refractivity contribution in [3.8, 4) is 0 Å². The van der Waals surface area contributed by atoms with Crippen LogP contribution in [0.25, 0.3) is 0 Å². The molecule has 0 aliphatic heterocycles. The Labute approximate surface area is 121 Å². The van der Waals surface area contributed by atoms with Crippen LogP contribution in [0.2, 0.25) is 10.0 Å². The molecule has 0 atom stereocenters. The van der Waals surface area contributed by atoms with Crippen molar-refractivity contribution < 1.29 is 9.36 Å². The molecule has 1 aromatic heterocycles. The zero-order chi connectivity index (χ0) is 14.0. The van der Waals surface area contributed by atoms with Crippen molar-refractivity contribution in [1.29, 1.82) is 0 Å². The Morgan fingerprint density at radius 3 is 2.68 bits per heavy atom. The molecule has 0 radical (unpaired) electrons. The number of hydrogen-bond donors (Lipinski definition) is 0. The van der Waals surface area contributed by atoms with Crippen molar-refractivity contribution >= 4 is 29.2 Å². The number of imidazole rings is 1. The minimum atomic E-state index is -0.105. The Morgan fingerprint density at radius 1 is 1.37 bits per heavy atom. The molecular weight excluding hydrogens is 285 g/mol. The van der Waals surface area contributed by atoms with E-state index in [1.807, 2.05) is 23.9 Å². The fourth-order valence-corrected chi connectivity index (χ4v) is 2.06. The van der Waals surface area contributed by atoms with Crippen LogP contribution >= 0.6 is 23.2 Å². The summed E-state index contributed by atoms with van der Waals surface area (Å²) < 4.78 is 3.34. The number of benzene rings is 1. The number of halogens is 2. The number of carbonyl (C=O) groups excluding carboxylic acids is 1. The third kappa shape index (κ3) is 3.28. The van der Waals surface area contributed by atoms with Crippen LogP contribution in [-0.2, 0) is 13.6 Å². The highest BCUT2D eigenvalue weighted by Gasteiger charge is 2.17. The monoisotopic (exact) mass is 298 g/mol. The molecule has 0 aliphatic carbocycles. The maximum atomic E-state index is 12.1. The summed E-state index contributed by atoms with van der Waals surface area (Å²) in [6, 6.07) is 5.25. The van der Waals surface area contributed by atoms with Gasteiger partial charge in [-0.15, -0.1) is 0 Å². The Bertz CT molecular complexity index is 610. The molecular formula is C13H14Cl2N3O+. The lowest BCUT2D eigenvalue weighted by Gasteiger charge is -2.14. The molecule has 6 heteroatoms. The summed E-state index contributed by atoms with van der Waals surface area (Å²) in [5.41, 5.74) is 0.932. The van der Waals surface area contributed by atoms with Gasteiger partial charge in [-0.3, -0.25) is 0 Å². The maximum absolute atomic E-state index is 12.1. The largest absolute Gasteiger partial charge is 0.415 e. The SMILES string of the molecule is CN(Cc1ccc(Cl)c(Cl)c1)C(=O)n1cc[n+](C)c1. The molecule has 4 nitrogen and oxygen atoms in total. The molecule has 0 fully saturated rings. The van der Waals surface area contributed by atoms with Gasteiger partial charge in [0.15, 0.2) is 0 Å². The van der Waals surface area contributed by atoms with Gasteiger partial charge in [-0.1, -0.05) is 29.3 Å². The molecule has 2 aromatic rings. The first-order valence-corrected chi connectivity index (χ1v) is 6.45. The van der Waals surface area contributed by atoms with Crippen molar-refractivity contribution in [3.05, 3.63) is 52.5 Å². The molecule has 0 unspecified atom stereocenters. The van der Waals surface area contributed by atoms with Crippen LogP contribution in [0.15, 0.2) is 36.9 Å². The second-order valence-electron chi connectivity index (χ2n) is 4.37. The first kappa shape index (κ1) is 13.9. The van der Waals surface area contributed by atoms with Crippen molar-refractivity contribution in [2.24, 2.45) is 7.05 Å². The molecule has 0 saturated carbocycles. The van der Waals surface area contributed by atoms with Gasteiger partial charge in [-0.05, 0) is 17.7 Å². The van der Waals surface area contributed by atoms with Crippen LogP contribution in [0.4, 0.5) is 4.79 Å². The van der Waals surface area contributed by atoms with Crippen molar-refractivity contribution in [2.45, 2.75) is 6.54 Å². The number of rotatable bonds is 2. The normalized spacial score (nSPS) is 10.5. The summed E-state index contributed by atoms with van der Waals surface area (Å²) in [5.74, 6) is 0. The van der Waals surface area contributed by atoms with Gasteiger partial charge in [0, 0.05) is 13.6 Å². The molecule has 100 valence electrons. The average Bonchev–Trinajstić information content (AvgIpc) is 2.79. The van der Waals surface area contributed by atoms with E-state index in [1.165, 1.54) is 4.57 Å². The number of aromatic nitrogens is 2. The van der Waals surface area contributed by atoms with E-state index < -0.39 is 0 Å². The third-order valence-corrected chi connectivity index (χ3v) is 3.46. The van der Waals surface area contributed by atoms with Gasteiger partial charge in [0.25, 0.3) is 6.33 Å². The molecule has 2 rings (SSSR count). The molecule has 0 N–H and O–H groups in total. The first-order chi connectivity index (χ1) is 8.97. The summed E-state index contributed by atoms with van der Waals surface area (Å²) in [5, 5.41) is 1.00. The molecule has 1 aromatic carbocycles. The fraction of sp³-hybridized carbons (Fsp3) is 0.231. The van der Waals surface area contributed by atoms with Crippen LogP contribution in [0, 0.1) is 0 Å². The Balaban J connectivity index is 2.10. The van der Waals surface area contributed by atoms with Gasteiger partial charge in [0.05, 0.1) is 17.1 Å². The van der Waals surface area contributed by atoms with Crippen molar-refractivity contribution in [3.63, 3.8) is 0 Å². The summed E-state index contributed by atoms with van der Waals surface area (Å²) in [4.78, 5) is 13.7. The highest BCUT2D eigenvalue weighted by Crippen LogP contribution is 2.23. The van der Waals surface area contributed by atoms with Crippen LogP contribution < -0.4 is 4.57 Å². The standard InChI is InChI=1S/C13H14Cl2N3O/c1-16-5-6-18(9-16)13(19)17(2)8-10-3-4-11(14)12(15)7-10/h3-7,9H,8H2,1-2H3/q+1. The number of amides is 1. The van der Waals surface area contributed by atoms with Gasteiger partial charge < -0.3 is 4.90 Å².